The van der Waals surface area contributed by atoms with Gasteiger partial charge < -0.3 is 0 Å². The molecule has 0 bridgehead atoms. The number of hydrogen-bond acceptors (Lipinski definition) is 3. The smallest absolute Gasteiger partial charge is 0.125 e. The van der Waals surface area contributed by atoms with Gasteiger partial charge in [-0.1, -0.05) is 142 Å². The third-order valence-electron chi connectivity index (χ3n) is 6.24. The quantitative estimate of drug-likeness (QED) is 0.144. The summed E-state index contributed by atoms with van der Waals surface area (Å²) in [6.45, 7) is 26.8. The highest BCUT2D eigenvalue weighted by Crippen LogP contribution is 2.24. The Kier molecular flexibility index (Phi) is 41.7. The first-order valence-corrected chi connectivity index (χ1v) is 16.8. The molecule has 0 radical (unpaired) electrons. The lowest BCUT2D eigenvalue weighted by Gasteiger charge is -2.23. The second-order valence-electron chi connectivity index (χ2n) is 10.3. The van der Waals surface area contributed by atoms with Gasteiger partial charge in [-0.25, -0.2) is 14.4 Å². The summed E-state index contributed by atoms with van der Waals surface area (Å²) < 4.78 is 13.0. The summed E-state index contributed by atoms with van der Waals surface area (Å²) in [5, 5.41) is 0. The van der Waals surface area contributed by atoms with Gasteiger partial charge >= 0.3 is 0 Å². The van der Waals surface area contributed by atoms with Crippen LogP contribution in [0.15, 0.2) is 91.3 Å². The lowest BCUT2D eigenvalue weighted by atomic mass is 9.95. The van der Waals surface area contributed by atoms with Gasteiger partial charge in [0.15, 0.2) is 0 Å². The molecule has 3 nitrogen and oxygen atoms in total. The van der Waals surface area contributed by atoms with E-state index in [0.29, 0.717) is 5.92 Å². The molecule has 44 heavy (non-hydrogen) atoms. The summed E-state index contributed by atoms with van der Waals surface area (Å²) >= 11 is 0. The van der Waals surface area contributed by atoms with E-state index in [9.17, 15) is 4.39 Å². The molecule has 0 spiro atoms. The number of halogens is 1. The normalized spacial score (nSPS) is 11.7. The maximum absolute atomic E-state index is 13.0. The summed E-state index contributed by atoms with van der Waals surface area (Å²) in [7, 11) is 4.10. The molecular weight excluding hydrogens is 541 g/mol. The monoisotopic (exact) mass is 612 g/mol. The fourth-order valence-corrected chi connectivity index (χ4v) is 3.06. The number of allylic oxidation sites excluding steroid dienone is 6. The third-order valence-corrected chi connectivity index (χ3v) is 6.24. The molecule has 0 saturated carbocycles. The molecule has 1 aromatic carbocycles. The number of benzene rings is 1. The Morgan fingerprint density at radius 2 is 1.48 bits per heavy atom. The molecule has 2 unspecified atom stereocenters. The second-order valence-corrected chi connectivity index (χ2v) is 10.3. The third kappa shape index (κ3) is 33.6. The van der Waals surface area contributed by atoms with E-state index in [4.69, 9.17) is 0 Å². The van der Waals surface area contributed by atoms with Crippen LogP contribution >= 0.6 is 0 Å². The molecule has 0 fully saturated rings. The molecule has 2 rings (SSSR count). The highest BCUT2D eigenvalue weighted by Gasteiger charge is 2.13. The Labute approximate surface area is 274 Å². The fourth-order valence-electron chi connectivity index (χ4n) is 3.06. The van der Waals surface area contributed by atoms with Crippen LogP contribution in [0.2, 0.25) is 0 Å². The Balaban J connectivity index is -0.000000255. The number of nitrogens with zero attached hydrogens (tertiary/aromatic N) is 3. The predicted octanol–water partition coefficient (Wildman–Crippen LogP) is 12.9. The van der Waals surface area contributed by atoms with Crippen LogP contribution in [0.1, 0.15) is 132 Å². The van der Waals surface area contributed by atoms with Gasteiger partial charge in [0.2, 0.25) is 0 Å². The van der Waals surface area contributed by atoms with Crippen molar-refractivity contribution in [1.82, 2.24) is 14.9 Å². The van der Waals surface area contributed by atoms with Crippen LogP contribution in [0, 0.1) is 18.7 Å². The highest BCUT2D eigenvalue weighted by atomic mass is 19.1. The van der Waals surface area contributed by atoms with Gasteiger partial charge in [0.05, 0.1) is 6.04 Å². The Morgan fingerprint density at radius 3 is 1.80 bits per heavy atom. The lowest BCUT2D eigenvalue weighted by Crippen LogP contribution is -2.19. The van der Waals surface area contributed by atoms with E-state index in [1.165, 1.54) is 49.8 Å². The topological polar surface area (TPSA) is 29.0 Å². The first-order valence-electron chi connectivity index (χ1n) is 16.8. The van der Waals surface area contributed by atoms with Gasteiger partial charge in [0.25, 0.3) is 0 Å². The zero-order chi connectivity index (χ0) is 34.6. The van der Waals surface area contributed by atoms with E-state index in [0.717, 1.165) is 24.2 Å². The highest BCUT2D eigenvalue weighted by molar-refractivity contribution is 5.25. The van der Waals surface area contributed by atoms with E-state index in [1.54, 1.807) is 18.5 Å². The van der Waals surface area contributed by atoms with Gasteiger partial charge in [-0.15, -0.1) is 0 Å². The molecule has 2 atom stereocenters. The Morgan fingerprint density at radius 1 is 0.932 bits per heavy atom. The standard InChI is InChI=1S/C16H24FN.C8H14.C5H6N2.C5H10.C4H10.C2H6/c1-6-12(2)13(3)11-16(18(4)5)14-7-9-15(17)10-8-14;1-3-5-7-8-6-4-2;1-5-6-3-2-4-7-5;1-3-5-4-2;1-3-4-2;1-2/h7-12,16H,6H2,1-5H3;3,5,7H,1,4,6,8H2,2H3;2-4H,1H3;3,5H,4H2,1-2H3;3-4H2,1-2H3;1-2H3/b13-11+;7-5+;;5-3-;;. The number of aromatic nitrogens is 2. The number of likely N-dealkylation sites (N-methyl/N-ethyl adjacent to an activating group) is 1. The van der Waals surface area contributed by atoms with Crippen molar-refractivity contribution >= 4 is 0 Å². The average Bonchev–Trinajstić information content (AvgIpc) is 3.04. The zero-order valence-corrected chi connectivity index (χ0v) is 31.0. The van der Waals surface area contributed by atoms with Crippen molar-refractivity contribution in [3.63, 3.8) is 0 Å². The molecule has 1 aromatic heterocycles. The van der Waals surface area contributed by atoms with Crippen LogP contribution in [-0.4, -0.2) is 29.0 Å². The van der Waals surface area contributed by atoms with E-state index >= 15 is 0 Å². The minimum Gasteiger partial charge on any atom is -0.299 e. The van der Waals surface area contributed by atoms with Gasteiger partial charge in [-0.2, -0.15) is 0 Å². The first-order chi connectivity index (χ1) is 21.1. The van der Waals surface area contributed by atoms with Crippen molar-refractivity contribution in [2.24, 2.45) is 5.92 Å². The Hall–Kier alpha value is -2.85. The molecule has 0 amide bonds. The molecule has 0 N–H and O–H groups in total. The van der Waals surface area contributed by atoms with Crippen LogP contribution < -0.4 is 0 Å². The van der Waals surface area contributed by atoms with Gasteiger partial charge in [0.1, 0.15) is 11.6 Å². The molecular formula is C40H70FN3. The summed E-state index contributed by atoms with van der Waals surface area (Å²) in [6.07, 6.45) is 24.6. The van der Waals surface area contributed by atoms with Crippen LogP contribution in [0.3, 0.4) is 0 Å². The first kappa shape index (κ1) is 48.1. The van der Waals surface area contributed by atoms with Crippen LogP contribution in [0.25, 0.3) is 0 Å². The van der Waals surface area contributed by atoms with Crippen molar-refractivity contribution in [3.8, 4) is 0 Å². The molecule has 2 aromatic rings. The fraction of sp³-hybridized carbons (Fsp3) is 0.550. The number of hydrogen-bond donors (Lipinski definition) is 0. The van der Waals surface area contributed by atoms with Crippen molar-refractivity contribution in [2.75, 3.05) is 14.1 Å². The predicted molar refractivity (Wildman–Crippen MR) is 199 cm³/mol. The Bertz CT molecular complexity index is 913. The van der Waals surface area contributed by atoms with E-state index in [-0.39, 0.29) is 11.9 Å². The lowest BCUT2D eigenvalue weighted by molar-refractivity contribution is 0.348. The van der Waals surface area contributed by atoms with Crippen molar-refractivity contribution < 1.29 is 4.39 Å². The zero-order valence-electron chi connectivity index (χ0n) is 31.0. The number of unbranched alkanes of at least 4 members (excludes halogenated alkanes) is 3. The largest absolute Gasteiger partial charge is 0.299 e. The molecule has 252 valence electrons. The number of aryl methyl sites for hydroxylation is 1. The second kappa shape index (κ2) is 38.2. The van der Waals surface area contributed by atoms with Crippen LogP contribution in [-0.2, 0) is 0 Å². The van der Waals surface area contributed by atoms with Crippen LogP contribution in [0.4, 0.5) is 4.39 Å². The minimum atomic E-state index is -0.182. The summed E-state index contributed by atoms with van der Waals surface area (Å²) in [4.78, 5) is 9.89. The molecule has 1 heterocycles. The SMILES string of the molecule is C/C=C\CC.C=C/C=C/CCCC.CC.CCC(C)/C(C)=C/C(c1ccc(F)cc1)N(C)C.CCCC.Cc1ncccn1. The van der Waals surface area contributed by atoms with Crippen molar-refractivity contribution in [2.45, 2.75) is 127 Å². The minimum absolute atomic E-state index is 0.182. The van der Waals surface area contributed by atoms with Crippen molar-refractivity contribution in [1.29, 1.82) is 0 Å². The molecule has 0 aliphatic carbocycles. The van der Waals surface area contributed by atoms with E-state index < -0.39 is 0 Å². The molecule has 4 heteroatoms. The van der Waals surface area contributed by atoms with Gasteiger partial charge in [-0.05, 0) is 83.8 Å². The maximum atomic E-state index is 13.0. The summed E-state index contributed by atoms with van der Waals surface area (Å²) in [6, 6.07) is 8.78. The van der Waals surface area contributed by atoms with Crippen molar-refractivity contribution in [3.05, 3.63) is 109 Å². The molecule has 0 aliphatic heterocycles. The molecule has 0 aliphatic rings. The average molecular weight is 612 g/mol. The molecule has 0 saturated heterocycles. The maximum Gasteiger partial charge on any atom is 0.125 e. The van der Waals surface area contributed by atoms with Gasteiger partial charge in [0, 0.05) is 12.4 Å². The van der Waals surface area contributed by atoms with Gasteiger partial charge in [-0.3, -0.25) is 4.90 Å². The van der Waals surface area contributed by atoms with Crippen LogP contribution in [0.5, 0.6) is 0 Å². The number of rotatable bonds is 11. The van der Waals surface area contributed by atoms with E-state index in [1.807, 2.05) is 52.0 Å². The summed E-state index contributed by atoms with van der Waals surface area (Å²) in [5.74, 6) is 1.23. The summed E-state index contributed by atoms with van der Waals surface area (Å²) in [5.41, 5.74) is 2.52. The van der Waals surface area contributed by atoms with E-state index in [2.05, 4.69) is 108 Å².